The van der Waals surface area contributed by atoms with Gasteiger partial charge in [-0.25, -0.2) is 8.42 Å². The first kappa shape index (κ1) is 24.2. The first-order valence-corrected chi connectivity index (χ1v) is 12.6. The van der Waals surface area contributed by atoms with Crippen LogP contribution in [-0.4, -0.2) is 58.0 Å². The van der Waals surface area contributed by atoms with Crippen LogP contribution in [0.25, 0.3) is 0 Å². The topological polar surface area (TPSA) is 79.0 Å². The summed E-state index contributed by atoms with van der Waals surface area (Å²) in [7, 11) is -3.75. The van der Waals surface area contributed by atoms with E-state index in [2.05, 4.69) is 24.1 Å². The monoisotopic (exact) mass is 459 g/mol. The van der Waals surface area contributed by atoms with Gasteiger partial charge >= 0.3 is 0 Å². The number of likely N-dealkylation sites (N-methyl/N-ethyl adjacent to an activating group) is 1. The predicted molar refractivity (Wildman–Crippen MR) is 128 cm³/mol. The number of benzene rings is 2. The number of ether oxygens (including phenoxy) is 1. The second-order valence-electron chi connectivity index (χ2n) is 8.00. The van der Waals surface area contributed by atoms with Crippen molar-refractivity contribution >= 4 is 27.3 Å². The molecule has 0 saturated carbocycles. The lowest BCUT2D eigenvalue weighted by atomic mass is 9.99. The minimum Gasteiger partial charge on any atom is -0.378 e. The number of carbonyl (C=O) groups excluding carboxylic acids is 1. The number of hydrogen-bond donors (Lipinski definition) is 1. The number of nitrogens with zero attached hydrogens (tertiary/aromatic N) is 2. The molecule has 0 aromatic heterocycles. The van der Waals surface area contributed by atoms with Crippen molar-refractivity contribution in [1.82, 2.24) is 4.31 Å². The number of rotatable bonds is 9. The largest absolute Gasteiger partial charge is 0.378 e. The molecule has 1 fully saturated rings. The van der Waals surface area contributed by atoms with Gasteiger partial charge in [-0.15, -0.1) is 0 Å². The lowest BCUT2D eigenvalue weighted by molar-refractivity contribution is -0.116. The third-order valence-corrected chi connectivity index (χ3v) is 7.83. The van der Waals surface area contributed by atoms with Crippen LogP contribution < -0.4 is 10.2 Å². The first-order valence-electron chi connectivity index (χ1n) is 11.2. The minimum absolute atomic E-state index is 0.203. The molecule has 1 aliphatic heterocycles. The lowest BCUT2D eigenvalue weighted by Gasteiger charge is -2.29. The standard InChI is InChI=1S/C24H33N3O4S/c1-4-19(3)20-6-12-23(13-7-20)32(29,30)27(5-2)18-24(28)25-21-8-10-22(11-9-21)26-14-16-31-17-15-26/h6-13,19H,4-5,14-18H2,1-3H3,(H,25,28). The van der Waals surface area contributed by atoms with Gasteiger partial charge in [0.25, 0.3) is 0 Å². The van der Waals surface area contributed by atoms with Crippen LogP contribution in [-0.2, 0) is 19.6 Å². The van der Waals surface area contributed by atoms with Crippen LogP contribution >= 0.6 is 0 Å². The average Bonchev–Trinajstić information content (AvgIpc) is 2.83. The fourth-order valence-electron chi connectivity index (χ4n) is 3.66. The van der Waals surface area contributed by atoms with E-state index in [1.54, 1.807) is 19.1 Å². The normalized spacial score (nSPS) is 15.6. The van der Waals surface area contributed by atoms with Crippen molar-refractivity contribution in [3.63, 3.8) is 0 Å². The number of nitrogens with one attached hydrogen (secondary N) is 1. The summed E-state index contributed by atoms with van der Waals surface area (Å²) in [5, 5.41) is 2.80. The summed E-state index contributed by atoms with van der Waals surface area (Å²) in [6.45, 7) is 9.01. The van der Waals surface area contributed by atoms with E-state index in [0.717, 1.165) is 30.8 Å². The van der Waals surface area contributed by atoms with Gasteiger partial charge in [0.15, 0.2) is 0 Å². The van der Waals surface area contributed by atoms with E-state index in [4.69, 9.17) is 4.74 Å². The molecule has 0 aliphatic carbocycles. The van der Waals surface area contributed by atoms with Gasteiger partial charge in [0.1, 0.15) is 0 Å². The smallest absolute Gasteiger partial charge is 0.243 e. The molecule has 8 heteroatoms. The van der Waals surface area contributed by atoms with Gasteiger partial charge in [-0.3, -0.25) is 4.79 Å². The third kappa shape index (κ3) is 5.88. The molecular weight excluding hydrogens is 426 g/mol. The number of morpholine rings is 1. The second kappa shape index (κ2) is 10.9. The van der Waals surface area contributed by atoms with E-state index in [0.29, 0.717) is 24.8 Å². The van der Waals surface area contributed by atoms with Crippen LogP contribution in [0, 0.1) is 0 Å². The molecule has 1 atom stereocenters. The Balaban J connectivity index is 1.63. The Hall–Kier alpha value is -2.42. The van der Waals surface area contributed by atoms with Crippen LogP contribution in [0.4, 0.5) is 11.4 Å². The van der Waals surface area contributed by atoms with Gasteiger partial charge in [-0.2, -0.15) is 4.31 Å². The molecule has 32 heavy (non-hydrogen) atoms. The van der Waals surface area contributed by atoms with Gasteiger partial charge in [0.05, 0.1) is 24.7 Å². The number of anilines is 2. The Bertz CT molecular complexity index is 985. The molecule has 1 saturated heterocycles. The molecular formula is C24H33N3O4S. The van der Waals surface area contributed by atoms with Crippen LogP contribution in [0.2, 0.25) is 0 Å². The Kier molecular flexibility index (Phi) is 8.28. The predicted octanol–water partition coefficient (Wildman–Crippen LogP) is 3.69. The van der Waals surface area contributed by atoms with Crippen molar-refractivity contribution in [3.05, 3.63) is 54.1 Å². The van der Waals surface area contributed by atoms with Crippen molar-refractivity contribution in [2.45, 2.75) is 38.0 Å². The summed E-state index contributed by atoms with van der Waals surface area (Å²) in [5.74, 6) is 0.000202. The molecule has 174 valence electrons. The zero-order chi connectivity index (χ0) is 23.1. The molecule has 1 aliphatic rings. The molecule has 2 aromatic rings. The first-order chi connectivity index (χ1) is 15.3. The van der Waals surface area contributed by atoms with Crippen LogP contribution in [0.15, 0.2) is 53.4 Å². The summed E-state index contributed by atoms with van der Waals surface area (Å²) < 4.78 is 32.7. The lowest BCUT2D eigenvalue weighted by Crippen LogP contribution is -2.38. The van der Waals surface area contributed by atoms with Crippen molar-refractivity contribution in [1.29, 1.82) is 0 Å². The van der Waals surface area contributed by atoms with Crippen LogP contribution in [0.1, 0.15) is 38.7 Å². The molecule has 1 unspecified atom stereocenters. The summed E-state index contributed by atoms with van der Waals surface area (Å²) in [4.78, 5) is 15.0. The summed E-state index contributed by atoms with van der Waals surface area (Å²) in [6, 6.07) is 14.5. The van der Waals surface area contributed by atoms with Gasteiger partial charge in [-0.1, -0.05) is 32.9 Å². The third-order valence-electron chi connectivity index (χ3n) is 5.90. The van der Waals surface area contributed by atoms with Crippen molar-refractivity contribution in [3.8, 4) is 0 Å². The quantitative estimate of drug-likeness (QED) is 0.619. The number of sulfonamides is 1. The molecule has 0 bridgehead atoms. The van der Waals surface area contributed by atoms with E-state index >= 15 is 0 Å². The SMILES string of the molecule is CCC(C)c1ccc(S(=O)(=O)N(CC)CC(=O)Nc2ccc(N3CCOCC3)cc2)cc1. The van der Waals surface area contributed by atoms with Crippen LogP contribution in [0.3, 0.4) is 0 Å². The van der Waals surface area contributed by atoms with Gasteiger partial charge in [-0.05, 0) is 54.3 Å². The molecule has 2 aromatic carbocycles. The van der Waals surface area contributed by atoms with E-state index in [1.807, 2.05) is 36.4 Å². The maximum absolute atomic E-state index is 13.1. The zero-order valence-corrected chi connectivity index (χ0v) is 19.9. The Morgan fingerprint density at radius 3 is 2.25 bits per heavy atom. The molecule has 1 N–H and O–H groups in total. The Morgan fingerprint density at radius 2 is 1.69 bits per heavy atom. The molecule has 1 heterocycles. The maximum atomic E-state index is 13.1. The van der Waals surface area contributed by atoms with E-state index in [1.165, 1.54) is 4.31 Å². The molecule has 0 spiro atoms. The number of hydrogen-bond acceptors (Lipinski definition) is 5. The summed E-state index contributed by atoms with van der Waals surface area (Å²) in [5.41, 5.74) is 2.82. The highest BCUT2D eigenvalue weighted by molar-refractivity contribution is 7.89. The minimum atomic E-state index is -3.75. The average molecular weight is 460 g/mol. The zero-order valence-electron chi connectivity index (χ0n) is 19.1. The Labute approximate surface area is 191 Å². The molecule has 1 amide bonds. The highest BCUT2D eigenvalue weighted by atomic mass is 32.2. The van der Waals surface area contributed by atoms with Gasteiger partial charge in [0, 0.05) is 31.0 Å². The fourth-order valence-corrected chi connectivity index (χ4v) is 5.06. The van der Waals surface area contributed by atoms with E-state index < -0.39 is 10.0 Å². The highest BCUT2D eigenvalue weighted by Gasteiger charge is 2.25. The van der Waals surface area contributed by atoms with Gasteiger partial charge in [0.2, 0.25) is 15.9 Å². The molecule has 7 nitrogen and oxygen atoms in total. The summed E-state index contributed by atoms with van der Waals surface area (Å²) >= 11 is 0. The van der Waals surface area contributed by atoms with E-state index in [-0.39, 0.29) is 23.9 Å². The summed E-state index contributed by atoms with van der Waals surface area (Å²) in [6.07, 6.45) is 0.987. The second-order valence-corrected chi connectivity index (χ2v) is 9.94. The van der Waals surface area contributed by atoms with Crippen molar-refractivity contribution in [2.75, 3.05) is 49.6 Å². The number of amides is 1. The number of carbonyl (C=O) groups is 1. The Morgan fingerprint density at radius 1 is 1.06 bits per heavy atom. The van der Waals surface area contributed by atoms with Crippen molar-refractivity contribution in [2.24, 2.45) is 0 Å². The molecule has 0 radical (unpaired) electrons. The van der Waals surface area contributed by atoms with Crippen LogP contribution in [0.5, 0.6) is 0 Å². The highest BCUT2D eigenvalue weighted by Crippen LogP contribution is 2.23. The maximum Gasteiger partial charge on any atom is 0.243 e. The van der Waals surface area contributed by atoms with E-state index in [9.17, 15) is 13.2 Å². The fraction of sp³-hybridized carbons (Fsp3) is 0.458. The van der Waals surface area contributed by atoms with Crippen molar-refractivity contribution < 1.29 is 17.9 Å². The molecule has 3 rings (SSSR count). The van der Waals surface area contributed by atoms with Gasteiger partial charge < -0.3 is 15.0 Å².